The van der Waals surface area contributed by atoms with Gasteiger partial charge in [0.1, 0.15) is 0 Å². The first-order valence-corrected chi connectivity index (χ1v) is 17.4. The van der Waals surface area contributed by atoms with Gasteiger partial charge in [-0.15, -0.1) is 0 Å². The Morgan fingerprint density at radius 1 is 0.538 bits per heavy atom. The van der Waals surface area contributed by atoms with Gasteiger partial charge < -0.3 is 38.0 Å². The Bertz CT molecular complexity index is 864. The summed E-state index contributed by atoms with van der Waals surface area (Å²) >= 11 is 0. The average Bonchev–Trinajstić information content (AvgIpc) is 3.50. The molecule has 0 radical (unpaired) electrons. The monoisotopic (exact) mass is 588 g/mol. The Balaban J connectivity index is 1.59. The van der Waals surface area contributed by atoms with Crippen LogP contribution in [0.1, 0.15) is 56.6 Å². The summed E-state index contributed by atoms with van der Waals surface area (Å²) < 4.78 is 36.2. The van der Waals surface area contributed by atoms with E-state index in [1.165, 1.54) is 19.3 Å². The number of nitrogen functional groups attached to an aromatic ring is 2. The summed E-state index contributed by atoms with van der Waals surface area (Å²) in [6, 6.07) is 1.15. The van der Waals surface area contributed by atoms with E-state index in [2.05, 4.69) is 20.2 Å². The normalized spacial score (nSPS) is 12.5. The van der Waals surface area contributed by atoms with E-state index in [1.54, 1.807) is 52.0 Å². The number of hydrogen-bond acceptors (Lipinski definition) is 12. The van der Waals surface area contributed by atoms with Crippen LogP contribution in [0, 0.1) is 0 Å². The van der Waals surface area contributed by atoms with Crippen molar-refractivity contribution in [2.75, 3.05) is 54.1 Å². The summed E-state index contributed by atoms with van der Waals surface area (Å²) in [7, 11) is 4.25. The van der Waals surface area contributed by atoms with Crippen molar-refractivity contribution >= 4 is 29.5 Å². The first-order valence-electron chi connectivity index (χ1n) is 13.5. The molecule has 2 rings (SSSR count). The molecular formula is C23H48N8O6Si2. The lowest BCUT2D eigenvalue weighted by Gasteiger charge is -2.24. The minimum absolute atomic E-state index is 0.409. The van der Waals surface area contributed by atoms with Gasteiger partial charge in [0.25, 0.3) is 0 Å². The summed E-state index contributed by atoms with van der Waals surface area (Å²) in [5, 5.41) is 9.09. The quantitative estimate of drug-likeness (QED) is 0.152. The zero-order chi connectivity index (χ0) is 28.7. The van der Waals surface area contributed by atoms with Crippen LogP contribution in [0.3, 0.4) is 0 Å². The fourth-order valence-corrected chi connectivity index (χ4v) is 7.59. The number of anilines is 2. The van der Waals surface area contributed by atoms with Gasteiger partial charge in [0, 0.05) is 80.7 Å². The molecule has 0 unspecified atom stereocenters. The van der Waals surface area contributed by atoms with Crippen molar-refractivity contribution in [1.29, 1.82) is 0 Å². The Morgan fingerprint density at radius 3 is 1.15 bits per heavy atom. The van der Waals surface area contributed by atoms with E-state index in [1.807, 2.05) is 0 Å². The van der Waals surface area contributed by atoms with Crippen LogP contribution < -0.4 is 11.5 Å². The van der Waals surface area contributed by atoms with Crippen LogP contribution in [0.4, 0.5) is 11.9 Å². The van der Waals surface area contributed by atoms with Gasteiger partial charge in [0.2, 0.25) is 11.9 Å². The molecule has 0 spiro atoms. The summed E-state index contributed by atoms with van der Waals surface area (Å²) in [6.07, 6.45) is 9.55. The van der Waals surface area contributed by atoms with Crippen molar-refractivity contribution in [3.05, 3.63) is 11.6 Å². The number of unbranched alkanes of at least 4 members (excludes halogenated alkanes) is 6. The van der Waals surface area contributed by atoms with Gasteiger partial charge in [-0.3, -0.25) is 0 Å². The van der Waals surface area contributed by atoms with Gasteiger partial charge in [0.15, 0.2) is 11.6 Å². The third kappa shape index (κ3) is 10.2. The molecule has 14 nitrogen and oxygen atoms in total. The van der Waals surface area contributed by atoms with Crippen molar-refractivity contribution in [3.63, 3.8) is 0 Å². The highest BCUT2D eigenvalue weighted by Crippen LogP contribution is 2.17. The van der Waals surface area contributed by atoms with E-state index < -0.39 is 17.6 Å². The van der Waals surface area contributed by atoms with Gasteiger partial charge in [-0.25, -0.2) is 9.36 Å². The fraction of sp³-hybridized carbons (Fsp3) is 0.826. The Kier molecular flexibility index (Phi) is 14.5. The number of nitrogens with two attached hydrogens (primary N) is 2. The molecule has 0 aromatic carbocycles. The first-order chi connectivity index (χ1) is 18.8. The summed E-state index contributed by atoms with van der Waals surface area (Å²) in [4.78, 5) is 8.81. The molecule has 0 bridgehead atoms. The molecule has 0 fully saturated rings. The van der Waals surface area contributed by atoms with Crippen molar-refractivity contribution in [2.24, 2.45) is 0 Å². The molecule has 16 heteroatoms. The molecule has 0 aliphatic carbocycles. The Hall–Kier alpha value is -1.93. The van der Waals surface area contributed by atoms with E-state index in [-0.39, 0.29) is 0 Å². The van der Waals surface area contributed by atoms with Crippen LogP contribution in [0.2, 0.25) is 12.1 Å². The van der Waals surface area contributed by atoms with Crippen LogP contribution >= 0.6 is 0 Å². The number of hydrogen-bond donors (Lipinski definition) is 2. The van der Waals surface area contributed by atoms with Crippen LogP contribution in [0.15, 0.2) is 0 Å². The number of aromatic nitrogens is 6. The summed E-state index contributed by atoms with van der Waals surface area (Å²) in [6.45, 7) is 1.08. The van der Waals surface area contributed by atoms with Gasteiger partial charge in [-0.05, 0) is 12.8 Å². The molecule has 0 aliphatic rings. The van der Waals surface area contributed by atoms with Gasteiger partial charge >= 0.3 is 17.6 Å². The van der Waals surface area contributed by atoms with Crippen LogP contribution in [0.25, 0.3) is 0 Å². The molecule has 2 aromatic rings. The molecule has 224 valence electrons. The van der Waals surface area contributed by atoms with Crippen LogP contribution in [0.5, 0.6) is 0 Å². The molecule has 0 saturated carbocycles. The SMILES string of the molecule is CO[Si](CCn1nc(CCCCCCCCCc2nc(N)n(CC[Si](OC)(OC)OC)n2)nc1N)(OC)OC. The topological polar surface area (TPSA) is 169 Å². The maximum atomic E-state index is 6.05. The number of nitrogens with zero attached hydrogens (tertiary/aromatic N) is 6. The predicted molar refractivity (Wildman–Crippen MR) is 152 cm³/mol. The van der Waals surface area contributed by atoms with E-state index in [0.29, 0.717) is 37.1 Å². The molecule has 4 N–H and O–H groups in total. The fourth-order valence-electron chi connectivity index (χ4n) is 4.39. The maximum Gasteiger partial charge on any atom is 0.502 e. The zero-order valence-electron chi connectivity index (χ0n) is 24.5. The summed E-state index contributed by atoms with van der Waals surface area (Å²) in [5.41, 5.74) is 12.1. The Morgan fingerprint density at radius 2 is 0.846 bits per heavy atom. The minimum atomic E-state index is -2.67. The number of rotatable bonds is 22. The lowest BCUT2D eigenvalue weighted by atomic mass is 10.1. The number of aryl methyl sites for hydroxylation is 4. The highest BCUT2D eigenvalue weighted by Gasteiger charge is 2.38. The van der Waals surface area contributed by atoms with Crippen LogP contribution in [-0.2, 0) is 52.5 Å². The lowest BCUT2D eigenvalue weighted by Crippen LogP contribution is -2.43. The van der Waals surface area contributed by atoms with E-state index in [9.17, 15) is 0 Å². The van der Waals surface area contributed by atoms with Crippen LogP contribution in [-0.4, -0.2) is 89.8 Å². The van der Waals surface area contributed by atoms with Crippen molar-refractivity contribution < 1.29 is 26.6 Å². The highest BCUT2D eigenvalue weighted by atomic mass is 28.4. The predicted octanol–water partition coefficient (Wildman–Crippen LogP) is 2.31. The molecule has 0 amide bonds. The molecule has 2 heterocycles. The smallest absolute Gasteiger partial charge is 0.377 e. The van der Waals surface area contributed by atoms with E-state index in [0.717, 1.165) is 50.2 Å². The third-order valence-corrected chi connectivity index (χ3v) is 12.3. The largest absolute Gasteiger partial charge is 0.502 e. The van der Waals surface area contributed by atoms with Crippen molar-refractivity contribution in [3.8, 4) is 0 Å². The van der Waals surface area contributed by atoms with Gasteiger partial charge in [-0.2, -0.15) is 20.2 Å². The lowest BCUT2D eigenvalue weighted by molar-refractivity contribution is 0.121. The van der Waals surface area contributed by atoms with Crippen molar-refractivity contribution in [2.45, 2.75) is 83.0 Å². The highest BCUT2D eigenvalue weighted by molar-refractivity contribution is 6.60. The van der Waals surface area contributed by atoms with Crippen molar-refractivity contribution in [1.82, 2.24) is 29.5 Å². The molecule has 2 aromatic heterocycles. The van der Waals surface area contributed by atoms with Gasteiger partial charge in [-0.1, -0.05) is 32.1 Å². The Labute approximate surface area is 234 Å². The maximum absolute atomic E-state index is 6.05. The second-order valence-electron chi connectivity index (χ2n) is 9.28. The molecule has 0 aliphatic heterocycles. The summed E-state index contributed by atoms with van der Waals surface area (Å²) in [5.74, 6) is 2.37. The minimum Gasteiger partial charge on any atom is -0.377 e. The molecular weight excluding hydrogens is 540 g/mol. The second-order valence-corrected chi connectivity index (χ2v) is 15.5. The standard InChI is InChI=1S/C23H48N8O6Si2/c1-32-38(33-2,34-3)18-16-30-22(24)26-20(28-30)14-12-10-8-7-9-11-13-15-21-27-23(25)31(29-21)17-19-39(35-4,36-5)37-6/h7-19H2,1-6H3,(H2,24,26,28)(H2,25,27,29). The molecule has 0 saturated heterocycles. The second kappa shape index (κ2) is 17.0. The average molecular weight is 589 g/mol. The van der Waals surface area contributed by atoms with E-state index >= 15 is 0 Å². The van der Waals surface area contributed by atoms with Gasteiger partial charge in [0.05, 0.1) is 0 Å². The molecule has 39 heavy (non-hydrogen) atoms. The third-order valence-electron chi connectivity index (χ3n) is 6.91. The molecule has 0 atom stereocenters. The zero-order valence-corrected chi connectivity index (χ0v) is 26.5. The van der Waals surface area contributed by atoms with E-state index in [4.69, 9.17) is 38.0 Å². The first kappa shape index (κ1) is 33.3.